The molecule has 13 heteroatoms. The summed E-state index contributed by atoms with van der Waals surface area (Å²) in [6.45, 7) is -1.14. The molecule has 2 atom stereocenters. The largest absolute Gasteiger partial charge is 0.497 e. The molecular weight excluding hydrogens is 544 g/mol. The van der Waals surface area contributed by atoms with E-state index in [2.05, 4.69) is 10.6 Å². The predicted octanol–water partition coefficient (Wildman–Crippen LogP) is 5.52. The monoisotopic (exact) mass is 565 g/mol. The summed E-state index contributed by atoms with van der Waals surface area (Å²) in [6.07, 6.45) is -4.74. The van der Waals surface area contributed by atoms with Crippen molar-refractivity contribution in [2.45, 2.75) is 42.9 Å². The second kappa shape index (κ2) is 10.2. The Bertz CT molecular complexity index is 1200. The highest BCUT2D eigenvalue weighted by Gasteiger charge is 2.49. The van der Waals surface area contributed by atoms with Crippen LogP contribution < -0.4 is 15.4 Å². The number of carbonyl (C=O) groups excluding carboxylic acids is 2. The van der Waals surface area contributed by atoms with Crippen LogP contribution in [0.25, 0.3) is 0 Å². The zero-order chi connectivity index (χ0) is 27.1. The minimum Gasteiger partial charge on any atom is -0.497 e. The van der Waals surface area contributed by atoms with Gasteiger partial charge in [0.2, 0.25) is 5.91 Å². The molecule has 3 amide bonds. The minimum absolute atomic E-state index is 0.114. The highest BCUT2D eigenvalue weighted by Crippen LogP contribution is 2.47. The maximum absolute atomic E-state index is 14.9. The van der Waals surface area contributed by atoms with Crippen LogP contribution in [0.5, 0.6) is 5.75 Å². The van der Waals surface area contributed by atoms with Crippen LogP contribution >= 0.6 is 23.2 Å². The average molecular weight is 566 g/mol. The molecule has 1 aliphatic heterocycles. The highest BCUT2D eigenvalue weighted by molar-refractivity contribution is 6.42. The van der Waals surface area contributed by atoms with Gasteiger partial charge in [-0.1, -0.05) is 29.3 Å². The molecule has 1 heterocycles. The summed E-state index contributed by atoms with van der Waals surface area (Å²) < 4.78 is 73.0. The lowest BCUT2D eigenvalue weighted by Gasteiger charge is -2.23. The van der Waals surface area contributed by atoms with Crippen molar-refractivity contribution in [2.75, 3.05) is 20.2 Å². The number of alkyl halides is 3. The van der Waals surface area contributed by atoms with Crippen LogP contribution in [-0.4, -0.2) is 49.3 Å². The Labute approximate surface area is 219 Å². The van der Waals surface area contributed by atoms with E-state index in [1.807, 2.05) is 0 Å². The average Bonchev–Trinajstić information content (AvgIpc) is 3.53. The van der Waals surface area contributed by atoms with Crippen LogP contribution in [-0.2, 0) is 10.3 Å². The normalized spacial score (nSPS) is 20.6. The standard InChI is InChI=1S/C24H22Cl2F5N3O3/c1-37-13-9-17(27)19(18(28)10-13)14-11-34(7-6-24(29,30)31)21(35)20(14)32-22(36)33-23(4-5-23)12-2-3-15(25)16(26)8-12/h2-3,8-10,14,20H,4-7,11H2,1H3,(H2,32,33,36)/t14-,20-/m0/s1. The van der Waals surface area contributed by atoms with E-state index in [0.717, 1.165) is 17.0 Å². The molecule has 1 saturated carbocycles. The minimum atomic E-state index is -4.55. The van der Waals surface area contributed by atoms with Crippen molar-refractivity contribution in [3.63, 3.8) is 0 Å². The third kappa shape index (κ3) is 5.87. The fraction of sp³-hybridized carbons (Fsp3) is 0.417. The Kier molecular flexibility index (Phi) is 7.49. The van der Waals surface area contributed by atoms with Gasteiger partial charge in [-0.05, 0) is 30.5 Å². The first-order valence-electron chi connectivity index (χ1n) is 11.3. The number of benzene rings is 2. The van der Waals surface area contributed by atoms with Crippen LogP contribution in [0.3, 0.4) is 0 Å². The van der Waals surface area contributed by atoms with E-state index in [-0.39, 0.29) is 10.8 Å². The van der Waals surface area contributed by atoms with E-state index in [4.69, 9.17) is 27.9 Å². The van der Waals surface area contributed by atoms with Gasteiger partial charge in [0.15, 0.2) is 0 Å². The number of carbonyl (C=O) groups is 2. The van der Waals surface area contributed by atoms with Crippen molar-refractivity contribution < 1.29 is 36.3 Å². The van der Waals surface area contributed by atoms with Crippen molar-refractivity contribution in [2.24, 2.45) is 0 Å². The fourth-order valence-corrected chi connectivity index (χ4v) is 4.82. The van der Waals surface area contributed by atoms with Crippen molar-refractivity contribution >= 4 is 35.1 Å². The van der Waals surface area contributed by atoms with E-state index < -0.39 is 72.3 Å². The summed E-state index contributed by atoms with van der Waals surface area (Å²) in [6, 6.07) is 4.34. The number of ether oxygens (including phenoxy) is 1. The number of likely N-dealkylation sites (tertiary alicyclic amines) is 1. The molecule has 0 spiro atoms. The highest BCUT2D eigenvalue weighted by atomic mass is 35.5. The van der Waals surface area contributed by atoms with Gasteiger partial charge >= 0.3 is 12.2 Å². The Balaban J connectivity index is 1.58. The summed E-state index contributed by atoms with van der Waals surface area (Å²) in [5.74, 6) is -4.37. The summed E-state index contributed by atoms with van der Waals surface area (Å²) in [5.41, 5.74) is -0.646. The summed E-state index contributed by atoms with van der Waals surface area (Å²) in [7, 11) is 1.21. The molecule has 0 aromatic heterocycles. The third-order valence-electron chi connectivity index (χ3n) is 6.58. The van der Waals surface area contributed by atoms with E-state index >= 15 is 0 Å². The Morgan fingerprint density at radius 1 is 1.14 bits per heavy atom. The number of nitrogens with one attached hydrogen (secondary N) is 2. The molecule has 0 bridgehead atoms. The van der Waals surface area contributed by atoms with E-state index in [9.17, 15) is 31.5 Å². The molecule has 6 nitrogen and oxygen atoms in total. The van der Waals surface area contributed by atoms with E-state index in [1.54, 1.807) is 18.2 Å². The van der Waals surface area contributed by atoms with Gasteiger partial charge in [-0.15, -0.1) is 0 Å². The zero-order valence-corrected chi connectivity index (χ0v) is 20.9. The molecule has 0 radical (unpaired) electrons. The molecule has 2 aliphatic rings. The lowest BCUT2D eigenvalue weighted by Crippen LogP contribution is -2.50. The first-order valence-corrected chi connectivity index (χ1v) is 12.0. The lowest BCUT2D eigenvalue weighted by molar-refractivity contribution is -0.143. The van der Waals surface area contributed by atoms with Crippen molar-refractivity contribution in [1.82, 2.24) is 15.5 Å². The van der Waals surface area contributed by atoms with Crippen molar-refractivity contribution in [1.29, 1.82) is 0 Å². The van der Waals surface area contributed by atoms with Gasteiger partial charge in [0.05, 0.1) is 29.1 Å². The molecule has 4 rings (SSSR count). The topological polar surface area (TPSA) is 70.7 Å². The molecule has 200 valence electrons. The van der Waals surface area contributed by atoms with Crippen LogP contribution in [0.15, 0.2) is 30.3 Å². The van der Waals surface area contributed by atoms with E-state index in [0.29, 0.717) is 23.4 Å². The fourth-order valence-electron chi connectivity index (χ4n) is 4.52. The lowest BCUT2D eigenvalue weighted by atomic mass is 9.92. The van der Waals surface area contributed by atoms with Crippen molar-refractivity contribution in [3.8, 4) is 5.75 Å². The molecule has 1 saturated heterocycles. The maximum atomic E-state index is 14.9. The van der Waals surface area contributed by atoms with Gasteiger partial charge in [-0.25, -0.2) is 13.6 Å². The van der Waals surface area contributed by atoms with Crippen LogP contribution in [0.2, 0.25) is 10.0 Å². The number of nitrogens with zero attached hydrogens (tertiary/aromatic N) is 1. The zero-order valence-electron chi connectivity index (χ0n) is 19.4. The number of rotatable bonds is 7. The Morgan fingerprint density at radius 2 is 1.78 bits per heavy atom. The van der Waals surface area contributed by atoms with E-state index in [1.165, 1.54) is 7.11 Å². The summed E-state index contributed by atoms with van der Waals surface area (Å²) in [5, 5.41) is 5.80. The maximum Gasteiger partial charge on any atom is 0.390 e. The quantitative estimate of drug-likeness (QED) is 0.434. The smallest absolute Gasteiger partial charge is 0.390 e. The molecule has 1 aliphatic carbocycles. The Morgan fingerprint density at radius 3 is 2.32 bits per heavy atom. The molecular formula is C24H22Cl2F5N3O3. The van der Waals surface area contributed by atoms with Gasteiger partial charge < -0.3 is 20.3 Å². The molecule has 2 aromatic carbocycles. The van der Waals surface area contributed by atoms with Gasteiger partial charge in [-0.3, -0.25) is 4.79 Å². The van der Waals surface area contributed by atoms with Crippen LogP contribution in [0.4, 0.5) is 26.7 Å². The number of methoxy groups -OCH3 is 1. The Hall–Kier alpha value is -2.79. The molecule has 2 N–H and O–H groups in total. The van der Waals surface area contributed by atoms with Crippen LogP contribution in [0, 0.1) is 11.6 Å². The van der Waals surface area contributed by atoms with Gasteiger partial charge in [0.25, 0.3) is 0 Å². The second-order valence-corrected chi connectivity index (χ2v) is 9.86. The number of urea groups is 1. The molecule has 37 heavy (non-hydrogen) atoms. The molecule has 2 aromatic rings. The summed E-state index contributed by atoms with van der Waals surface area (Å²) in [4.78, 5) is 26.8. The third-order valence-corrected chi connectivity index (χ3v) is 7.32. The predicted molar refractivity (Wildman–Crippen MR) is 126 cm³/mol. The van der Waals surface area contributed by atoms with Gasteiger partial charge in [-0.2, -0.15) is 13.2 Å². The molecule has 0 unspecified atom stereocenters. The van der Waals surface area contributed by atoms with Gasteiger partial charge in [0, 0.05) is 36.7 Å². The number of hydrogen-bond acceptors (Lipinski definition) is 3. The number of halogens is 7. The van der Waals surface area contributed by atoms with Gasteiger partial charge in [0.1, 0.15) is 23.4 Å². The summed E-state index contributed by atoms with van der Waals surface area (Å²) >= 11 is 12.0. The van der Waals surface area contributed by atoms with Crippen molar-refractivity contribution in [3.05, 3.63) is 63.1 Å². The number of amides is 3. The first-order chi connectivity index (χ1) is 17.3. The number of hydrogen-bond donors (Lipinski definition) is 2. The SMILES string of the molecule is COc1cc(F)c([C@@H]2CN(CCC(F)(F)F)C(=O)[C@H]2NC(=O)NC2(c3ccc(Cl)c(Cl)c3)CC2)c(F)c1. The first kappa shape index (κ1) is 27.3. The molecule has 2 fully saturated rings. The second-order valence-electron chi connectivity index (χ2n) is 9.05. The van der Waals surface area contributed by atoms with Crippen LogP contribution in [0.1, 0.15) is 36.3 Å².